The molecular weight excluding hydrogens is 222 g/mol. The van der Waals surface area contributed by atoms with Crippen molar-refractivity contribution >= 4 is 17.8 Å². The fourth-order valence-electron chi connectivity index (χ4n) is 1.75. The smallest absolute Gasteiger partial charge is 0.323 e. The minimum Gasteiger partial charge on any atom is -0.323 e. The maximum absolute atomic E-state index is 12.1. The molecule has 1 aliphatic rings. The van der Waals surface area contributed by atoms with Crippen molar-refractivity contribution in [1.82, 2.24) is 14.5 Å². The van der Waals surface area contributed by atoms with Gasteiger partial charge in [0.1, 0.15) is 6.33 Å². The highest BCUT2D eigenvalue weighted by molar-refractivity contribution is 8.00. The minimum absolute atomic E-state index is 0.0378. The van der Waals surface area contributed by atoms with Gasteiger partial charge < -0.3 is 4.90 Å². The van der Waals surface area contributed by atoms with E-state index in [1.54, 1.807) is 23.3 Å². The van der Waals surface area contributed by atoms with Gasteiger partial charge in [0, 0.05) is 36.0 Å². The van der Waals surface area contributed by atoms with Crippen molar-refractivity contribution in [1.29, 1.82) is 0 Å². The second kappa shape index (κ2) is 4.49. The molecule has 0 spiro atoms. The highest BCUT2D eigenvalue weighted by atomic mass is 32.2. The number of imidazole rings is 1. The molecule has 0 radical (unpaired) electrons. The summed E-state index contributed by atoms with van der Waals surface area (Å²) in [6, 6.07) is 0.0378. The van der Waals surface area contributed by atoms with E-state index in [1.165, 1.54) is 0 Å². The first-order chi connectivity index (χ1) is 7.58. The molecule has 0 N–H and O–H groups in total. The van der Waals surface area contributed by atoms with Gasteiger partial charge in [-0.2, -0.15) is 11.8 Å². The van der Waals surface area contributed by atoms with Gasteiger partial charge in [-0.3, -0.25) is 4.57 Å². The number of hydrogen-bond donors (Lipinski definition) is 0. The Hall–Kier alpha value is -0.970. The number of carbonyl (C=O) groups is 1. The van der Waals surface area contributed by atoms with Gasteiger partial charge in [-0.05, 0) is 6.42 Å². The fourth-order valence-corrected chi connectivity index (χ4v) is 2.85. The Balaban J connectivity index is 2.03. The zero-order valence-corrected chi connectivity index (χ0v) is 10.5. The lowest BCUT2D eigenvalue weighted by atomic mass is 10.1. The van der Waals surface area contributed by atoms with Crippen LogP contribution in [-0.4, -0.2) is 44.1 Å². The molecule has 1 aromatic rings. The molecule has 1 saturated heterocycles. The van der Waals surface area contributed by atoms with E-state index in [0.29, 0.717) is 0 Å². The Morgan fingerprint density at radius 2 is 2.25 bits per heavy atom. The Labute approximate surface area is 100 Å². The van der Waals surface area contributed by atoms with Crippen molar-refractivity contribution in [3.8, 4) is 0 Å². The molecule has 0 aliphatic carbocycles. The van der Waals surface area contributed by atoms with Crippen molar-refractivity contribution in [3.05, 3.63) is 18.7 Å². The maximum atomic E-state index is 12.1. The normalized spacial score (nSPS) is 20.5. The largest absolute Gasteiger partial charge is 0.329 e. The van der Waals surface area contributed by atoms with Crippen LogP contribution in [0.15, 0.2) is 18.7 Å². The molecule has 16 heavy (non-hydrogen) atoms. The molecule has 0 atom stereocenters. The van der Waals surface area contributed by atoms with Crippen molar-refractivity contribution in [2.75, 3.05) is 18.8 Å². The van der Waals surface area contributed by atoms with E-state index in [9.17, 15) is 4.79 Å². The first-order valence-electron chi connectivity index (χ1n) is 5.50. The predicted molar refractivity (Wildman–Crippen MR) is 65.7 cm³/mol. The Morgan fingerprint density at radius 1 is 1.44 bits per heavy atom. The van der Waals surface area contributed by atoms with Crippen LogP contribution in [0.1, 0.15) is 20.3 Å². The van der Waals surface area contributed by atoms with Crippen molar-refractivity contribution in [2.45, 2.75) is 25.0 Å². The Bertz CT molecular complexity index is 361. The molecule has 2 heterocycles. The number of hydrogen-bond acceptors (Lipinski definition) is 3. The molecule has 4 nitrogen and oxygen atoms in total. The number of thioether (sulfide) groups is 1. The summed E-state index contributed by atoms with van der Waals surface area (Å²) in [6.07, 6.45) is 5.93. The van der Waals surface area contributed by atoms with Crippen LogP contribution in [0.5, 0.6) is 0 Å². The fraction of sp³-hybridized carbons (Fsp3) is 0.636. The van der Waals surface area contributed by atoms with Crippen LogP contribution in [-0.2, 0) is 0 Å². The molecule has 0 unspecified atom stereocenters. The summed E-state index contributed by atoms with van der Waals surface area (Å²) in [5, 5.41) is 0. The van der Waals surface area contributed by atoms with Gasteiger partial charge >= 0.3 is 6.03 Å². The van der Waals surface area contributed by atoms with Crippen LogP contribution in [0.3, 0.4) is 0 Å². The maximum Gasteiger partial charge on any atom is 0.329 e. The molecule has 1 amide bonds. The summed E-state index contributed by atoms with van der Waals surface area (Å²) in [6.45, 7) is 6.13. The average Bonchev–Trinajstić information content (AvgIpc) is 2.69. The lowest BCUT2D eigenvalue weighted by Gasteiger charge is -2.22. The molecule has 0 bridgehead atoms. The van der Waals surface area contributed by atoms with Crippen LogP contribution >= 0.6 is 11.8 Å². The van der Waals surface area contributed by atoms with E-state index in [4.69, 9.17) is 0 Å². The predicted octanol–water partition coefficient (Wildman–Crippen LogP) is 2.07. The SMILES string of the molecule is CC1(C)CCN(C(=O)n2ccnc2)CCS1. The molecule has 0 saturated carbocycles. The zero-order valence-electron chi connectivity index (χ0n) is 9.72. The second-order valence-electron chi connectivity index (χ2n) is 4.60. The van der Waals surface area contributed by atoms with Crippen molar-refractivity contribution < 1.29 is 4.79 Å². The summed E-state index contributed by atoms with van der Waals surface area (Å²) >= 11 is 1.94. The third-order valence-electron chi connectivity index (χ3n) is 2.83. The number of nitrogens with zero attached hydrogens (tertiary/aromatic N) is 3. The molecule has 88 valence electrons. The van der Waals surface area contributed by atoms with Crippen LogP contribution in [0.25, 0.3) is 0 Å². The molecule has 2 rings (SSSR count). The summed E-state index contributed by atoms with van der Waals surface area (Å²) in [7, 11) is 0. The monoisotopic (exact) mass is 239 g/mol. The van der Waals surface area contributed by atoms with Crippen LogP contribution in [0.2, 0.25) is 0 Å². The average molecular weight is 239 g/mol. The first-order valence-corrected chi connectivity index (χ1v) is 6.48. The zero-order chi connectivity index (χ0) is 11.6. The highest BCUT2D eigenvalue weighted by Gasteiger charge is 2.26. The van der Waals surface area contributed by atoms with Gasteiger partial charge in [-0.25, -0.2) is 9.78 Å². The van der Waals surface area contributed by atoms with E-state index in [1.807, 2.05) is 16.7 Å². The summed E-state index contributed by atoms with van der Waals surface area (Å²) < 4.78 is 1.83. The van der Waals surface area contributed by atoms with E-state index < -0.39 is 0 Å². The van der Waals surface area contributed by atoms with E-state index >= 15 is 0 Å². The number of rotatable bonds is 0. The number of aromatic nitrogens is 2. The van der Waals surface area contributed by atoms with Gasteiger partial charge in [0.15, 0.2) is 0 Å². The summed E-state index contributed by atoms with van der Waals surface area (Å²) in [5.41, 5.74) is 0. The summed E-state index contributed by atoms with van der Waals surface area (Å²) in [4.78, 5) is 17.9. The van der Waals surface area contributed by atoms with Crippen molar-refractivity contribution in [3.63, 3.8) is 0 Å². The number of amides is 1. The topological polar surface area (TPSA) is 38.1 Å². The van der Waals surface area contributed by atoms with E-state index in [0.717, 1.165) is 25.3 Å². The minimum atomic E-state index is 0.0378. The molecule has 1 aromatic heterocycles. The third kappa shape index (κ3) is 2.58. The van der Waals surface area contributed by atoms with Gasteiger partial charge in [0.25, 0.3) is 0 Å². The van der Waals surface area contributed by atoms with Gasteiger partial charge in [0.2, 0.25) is 0 Å². The van der Waals surface area contributed by atoms with E-state index in [2.05, 4.69) is 18.8 Å². The molecule has 0 aromatic carbocycles. The lowest BCUT2D eigenvalue weighted by molar-refractivity contribution is 0.202. The van der Waals surface area contributed by atoms with Crippen LogP contribution in [0.4, 0.5) is 4.79 Å². The highest BCUT2D eigenvalue weighted by Crippen LogP contribution is 2.30. The quantitative estimate of drug-likeness (QED) is 0.695. The van der Waals surface area contributed by atoms with E-state index in [-0.39, 0.29) is 10.8 Å². The number of carbonyl (C=O) groups excluding carboxylic acids is 1. The molecular formula is C11H17N3OS. The van der Waals surface area contributed by atoms with Crippen molar-refractivity contribution in [2.24, 2.45) is 0 Å². The third-order valence-corrected chi connectivity index (χ3v) is 4.21. The van der Waals surface area contributed by atoms with Gasteiger partial charge in [-0.15, -0.1) is 0 Å². The standard InChI is InChI=1S/C11H17N3OS/c1-11(2)3-5-13(7-8-16-11)10(15)14-6-4-12-9-14/h4,6,9H,3,5,7-8H2,1-2H3. The van der Waals surface area contributed by atoms with Gasteiger partial charge in [-0.1, -0.05) is 13.8 Å². The first kappa shape index (κ1) is 11.5. The summed E-state index contributed by atoms with van der Waals surface area (Å²) in [5.74, 6) is 1.01. The Morgan fingerprint density at radius 3 is 2.94 bits per heavy atom. The molecule has 1 aliphatic heterocycles. The Kier molecular flexibility index (Phi) is 3.23. The lowest BCUT2D eigenvalue weighted by Crippen LogP contribution is -2.36. The van der Waals surface area contributed by atoms with Crippen LogP contribution in [0, 0.1) is 0 Å². The second-order valence-corrected chi connectivity index (χ2v) is 6.40. The molecule has 5 heteroatoms. The van der Waals surface area contributed by atoms with Gasteiger partial charge in [0.05, 0.1) is 0 Å². The molecule has 1 fully saturated rings. The van der Waals surface area contributed by atoms with Crippen LogP contribution < -0.4 is 0 Å².